The smallest absolute Gasteiger partial charge is 0.329 e. The van der Waals surface area contributed by atoms with Crippen molar-refractivity contribution in [2.24, 2.45) is 5.92 Å². The molecule has 0 radical (unpaired) electrons. The van der Waals surface area contributed by atoms with Gasteiger partial charge in [-0.05, 0) is 17.9 Å². The average molecular weight is 391 g/mol. The van der Waals surface area contributed by atoms with Crippen LogP contribution in [0.5, 0.6) is 0 Å². The zero-order valence-electron chi connectivity index (χ0n) is 15.5. The minimum absolute atomic E-state index is 0.0944. The zero-order chi connectivity index (χ0) is 19.6. The van der Waals surface area contributed by atoms with E-state index in [4.69, 9.17) is 4.74 Å². The molecule has 2 aliphatic rings. The maximum Gasteiger partial charge on any atom is 0.329 e. The van der Waals surface area contributed by atoms with Crippen molar-refractivity contribution in [1.29, 1.82) is 0 Å². The predicted octanol–water partition coefficient (Wildman–Crippen LogP) is 1.00. The first-order valence-electron chi connectivity index (χ1n) is 9.15. The monoisotopic (exact) mass is 391 g/mol. The molecule has 2 amide bonds. The maximum absolute atomic E-state index is 12.8. The van der Waals surface area contributed by atoms with Gasteiger partial charge < -0.3 is 15.0 Å². The molecule has 2 aliphatic heterocycles. The van der Waals surface area contributed by atoms with Crippen molar-refractivity contribution >= 4 is 30.6 Å². The van der Waals surface area contributed by atoms with Crippen LogP contribution in [-0.2, 0) is 25.7 Å². The van der Waals surface area contributed by atoms with Crippen molar-refractivity contribution in [2.45, 2.75) is 45.0 Å². The minimum Gasteiger partial charge on any atom is -0.459 e. The van der Waals surface area contributed by atoms with Crippen LogP contribution in [0, 0.1) is 5.92 Å². The van der Waals surface area contributed by atoms with Crippen LogP contribution in [0.15, 0.2) is 30.3 Å². The van der Waals surface area contributed by atoms with E-state index < -0.39 is 18.1 Å². The molecule has 7 nitrogen and oxygen atoms in total. The number of esters is 1. The third-order valence-electron chi connectivity index (χ3n) is 4.88. The van der Waals surface area contributed by atoms with Crippen LogP contribution < -0.4 is 5.32 Å². The molecule has 3 unspecified atom stereocenters. The second-order valence-electron chi connectivity index (χ2n) is 7.30. The van der Waals surface area contributed by atoms with Gasteiger partial charge in [-0.3, -0.25) is 9.59 Å². The summed E-state index contributed by atoms with van der Waals surface area (Å²) < 4.78 is 7.06. The Labute approximate surface area is 164 Å². The van der Waals surface area contributed by atoms with Crippen LogP contribution in [0.2, 0.25) is 0 Å². The molecular weight excluding hydrogens is 366 g/mol. The fraction of sp³-hybridized carbons (Fsp3) is 0.526. The highest BCUT2D eigenvalue weighted by Crippen LogP contribution is 2.23. The van der Waals surface area contributed by atoms with Crippen molar-refractivity contribution < 1.29 is 19.1 Å². The molecule has 0 saturated carbocycles. The number of likely N-dealkylation sites (tertiary alicyclic amines) is 1. The highest BCUT2D eigenvalue weighted by molar-refractivity contribution is 7.78. The van der Waals surface area contributed by atoms with E-state index in [1.807, 2.05) is 44.2 Å². The standard InChI is InChI=1S/C19H25N3O4S/c1-12(2)16(19(25)26-11-13-6-4-3-5-7-13)21-9-8-14(18(21)24)20-17(23)15-10-22(15)27/h3-7,12,14-16,27H,8-11H2,1-2H3,(H,20,23)/t14?,15-,16?,22?/m0/s1. The third-order valence-corrected chi connectivity index (χ3v) is 5.32. The molecule has 27 heavy (non-hydrogen) atoms. The third kappa shape index (κ3) is 4.62. The van der Waals surface area contributed by atoms with E-state index in [-0.39, 0.29) is 30.4 Å². The van der Waals surface area contributed by atoms with Gasteiger partial charge in [-0.2, -0.15) is 0 Å². The van der Waals surface area contributed by atoms with Gasteiger partial charge in [0.25, 0.3) is 0 Å². The number of amides is 2. The van der Waals surface area contributed by atoms with Crippen LogP contribution in [0.1, 0.15) is 25.8 Å². The highest BCUT2D eigenvalue weighted by Gasteiger charge is 2.44. The topological polar surface area (TPSA) is 78.7 Å². The van der Waals surface area contributed by atoms with Gasteiger partial charge in [-0.1, -0.05) is 57.0 Å². The summed E-state index contributed by atoms with van der Waals surface area (Å²) in [4.78, 5) is 39.0. The van der Waals surface area contributed by atoms with Crippen molar-refractivity contribution in [1.82, 2.24) is 14.5 Å². The van der Waals surface area contributed by atoms with Crippen LogP contribution in [0.3, 0.4) is 0 Å². The molecule has 4 atom stereocenters. The normalized spacial score (nSPS) is 25.4. The zero-order valence-corrected chi connectivity index (χ0v) is 16.4. The number of thiol groups is 1. The van der Waals surface area contributed by atoms with Crippen molar-refractivity contribution in [3.05, 3.63) is 35.9 Å². The lowest BCUT2D eigenvalue weighted by atomic mass is 10.0. The van der Waals surface area contributed by atoms with Gasteiger partial charge >= 0.3 is 5.97 Å². The molecule has 0 aliphatic carbocycles. The summed E-state index contributed by atoms with van der Waals surface area (Å²) >= 11 is 4.10. The largest absolute Gasteiger partial charge is 0.459 e. The molecule has 0 aromatic heterocycles. The number of carbonyl (C=O) groups excluding carboxylic acids is 3. The fourth-order valence-corrected chi connectivity index (χ4v) is 3.56. The Morgan fingerprint density at radius 1 is 1.30 bits per heavy atom. The first-order valence-corrected chi connectivity index (χ1v) is 9.55. The highest BCUT2D eigenvalue weighted by atomic mass is 32.1. The quantitative estimate of drug-likeness (QED) is 0.412. The van der Waals surface area contributed by atoms with Crippen molar-refractivity contribution in [3.63, 3.8) is 0 Å². The van der Waals surface area contributed by atoms with Gasteiger partial charge in [0, 0.05) is 13.1 Å². The van der Waals surface area contributed by atoms with Crippen LogP contribution in [0.25, 0.3) is 0 Å². The number of nitrogens with zero attached hydrogens (tertiary/aromatic N) is 2. The minimum atomic E-state index is -0.662. The van der Waals surface area contributed by atoms with E-state index in [9.17, 15) is 14.4 Å². The molecule has 1 aromatic rings. The fourth-order valence-electron chi connectivity index (χ4n) is 3.30. The molecule has 1 N–H and O–H groups in total. The molecule has 146 valence electrons. The summed E-state index contributed by atoms with van der Waals surface area (Å²) in [6.45, 7) is 4.94. The number of hydrogen-bond donors (Lipinski definition) is 2. The van der Waals surface area contributed by atoms with Gasteiger partial charge in [0.05, 0.1) is 0 Å². The summed E-state index contributed by atoms with van der Waals surface area (Å²) in [5.41, 5.74) is 0.895. The van der Waals surface area contributed by atoms with E-state index in [2.05, 4.69) is 18.1 Å². The summed E-state index contributed by atoms with van der Waals surface area (Å²) in [7, 11) is 0. The van der Waals surface area contributed by atoms with E-state index in [1.165, 1.54) is 4.90 Å². The van der Waals surface area contributed by atoms with Gasteiger partial charge in [0.1, 0.15) is 24.7 Å². The van der Waals surface area contributed by atoms with Gasteiger partial charge in [-0.25, -0.2) is 9.10 Å². The Morgan fingerprint density at radius 2 is 1.96 bits per heavy atom. The van der Waals surface area contributed by atoms with Gasteiger partial charge in [0.2, 0.25) is 11.8 Å². The first kappa shape index (κ1) is 19.7. The number of nitrogens with one attached hydrogen (secondary N) is 1. The number of rotatable bonds is 7. The van der Waals surface area contributed by atoms with Gasteiger partial charge in [0.15, 0.2) is 0 Å². The number of hydrogen-bond acceptors (Lipinski definition) is 6. The Morgan fingerprint density at radius 3 is 2.56 bits per heavy atom. The molecule has 0 spiro atoms. The molecule has 2 saturated heterocycles. The Balaban J connectivity index is 1.59. The summed E-state index contributed by atoms with van der Waals surface area (Å²) in [6, 6.07) is 7.90. The second kappa shape index (κ2) is 8.31. The Bertz CT molecular complexity index is 712. The van der Waals surface area contributed by atoms with E-state index in [1.54, 1.807) is 4.31 Å². The number of benzene rings is 1. The van der Waals surface area contributed by atoms with Crippen LogP contribution in [0.4, 0.5) is 0 Å². The summed E-state index contributed by atoms with van der Waals surface area (Å²) in [5, 5.41) is 2.77. The van der Waals surface area contributed by atoms with Crippen LogP contribution in [-0.4, -0.2) is 58.2 Å². The lowest BCUT2D eigenvalue weighted by molar-refractivity contribution is -0.157. The molecular formula is C19H25N3O4S. The van der Waals surface area contributed by atoms with Gasteiger partial charge in [-0.15, -0.1) is 0 Å². The SMILES string of the molecule is CC(C)C(C(=O)OCc1ccccc1)N1CCC(NC(=O)[C@@H]2CN2S)C1=O. The predicted molar refractivity (Wildman–Crippen MR) is 103 cm³/mol. The van der Waals surface area contributed by atoms with E-state index in [0.29, 0.717) is 19.5 Å². The average Bonchev–Trinajstić information content (AvgIpc) is 3.29. The maximum atomic E-state index is 12.8. The molecule has 2 fully saturated rings. The summed E-state index contributed by atoms with van der Waals surface area (Å²) in [6.07, 6.45) is 0.485. The van der Waals surface area contributed by atoms with Crippen molar-refractivity contribution in [3.8, 4) is 0 Å². The van der Waals surface area contributed by atoms with E-state index in [0.717, 1.165) is 5.56 Å². The molecule has 0 bridgehead atoms. The van der Waals surface area contributed by atoms with E-state index >= 15 is 0 Å². The molecule has 2 heterocycles. The Kier molecular flexibility index (Phi) is 6.06. The first-order chi connectivity index (χ1) is 12.9. The number of carbonyl (C=O) groups is 3. The Hall–Kier alpha value is -2.06. The molecule has 8 heteroatoms. The molecule has 1 aromatic carbocycles. The lowest BCUT2D eigenvalue weighted by Crippen LogP contribution is -2.50. The second-order valence-corrected chi connectivity index (χ2v) is 7.82. The lowest BCUT2D eigenvalue weighted by Gasteiger charge is -2.29. The van der Waals surface area contributed by atoms with Crippen LogP contribution >= 0.6 is 12.8 Å². The molecule has 3 rings (SSSR count). The van der Waals surface area contributed by atoms with Crippen molar-refractivity contribution in [2.75, 3.05) is 13.1 Å². The number of ether oxygens (including phenoxy) is 1. The summed E-state index contributed by atoms with van der Waals surface area (Å²) in [5.74, 6) is -0.941.